The Balaban J connectivity index is 1.53. The largest absolute Gasteiger partial charge is 0.322 e. The van der Waals surface area contributed by atoms with Gasteiger partial charge in [-0.3, -0.25) is 4.79 Å². The maximum Gasteiger partial charge on any atom is 0.255 e. The quantitative estimate of drug-likeness (QED) is 0.690. The van der Waals surface area contributed by atoms with Crippen LogP contribution in [0.2, 0.25) is 0 Å². The summed E-state index contributed by atoms with van der Waals surface area (Å²) in [6.45, 7) is 2.73. The van der Waals surface area contributed by atoms with Gasteiger partial charge in [-0.1, -0.05) is 13.0 Å². The predicted molar refractivity (Wildman–Crippen MR) is 112 cm³/mol. The molecule has 1 aliphatic heterocycles. The van der Waals surface area contributed by atoms with Crippen LogP contribution in [-0.2, 0) is 23.0 Å². The topological polar surface area (TPSA) is 79.4 Å². The van der Waals surface area contributed by atoms with Crippen molar-refractivity contribution in [1.29, 1.82) is 0 Å². The molecule has 0 unspecified atom stereocenters. The van der Waals surface area contributed by atoms with Crippen molar-refractivity contribution >= 4 is 43.2 Å². The van der Waals surface area contributed by atoms with Crippen molar-refractivity contribution in [2.24, 2.45) is 0 Å². The molecule has 4 rings (SSSR count). The van der Waals surface area contributed by atoms with Crippen molar-refractivity contribution in [2.45, 2.75) is 26.3 Å². The average molecular weight is 416 g/mol. The molecule has 1 aromatic heterocycles. The number of hydrogen-bond donors (Lipinski definition) is 1. The Morgan fingerprint density at radius 2 is 2.07 bits per heavy atom. The fraction of sp³-hybridized carbons (Fsp3) is 0.300. The molecule has 0 fully saturated rings. The van der Waals surface area contributed by atoms with Crippen molar-refractivity contribution in [3.63, 3.8) is 0 Å². The van der Waals surface area contributed by atoms with Crippen LogP contribution < -0.4 is 5.32 Å². The number of amides is 1. The highest BCUT2D eigenvalue weighted by atomic mass is 32.2. The Hall–Kier alpha value is -2.29. The summed E-state index contributed by atoms with van der Waals surface area (Å²) < 4.78 is 27.3. The predicted octanol–water partition coefficient (Wildman–Crippen LogP) is 3.65. The number of aromatic nitrogens is 1. The monoisotopic (exact) mass is 415 g/mol. The molecule has 2 aromatic carbocycles. The van der Waals surface area contributed by atoms with Gasteiger partial charge in [0.2, 0.25) is 10.0 Å². The minimum atomic E-state index is -3.23. The number of thiazole rings is 1. The highest BCUT2D eigenvalue weighted by Crippen LogP contribution is 2.25. The van der Waals surface area contributed by atoms with Gasteiger partial charge in [-0.15, -0.1) is 11.3 Å². The highest BCUT2D eigenvalue weighted by Gasteiger charge is 2.26. The molecule has 3 aromatic rings. The van der Waals surface area contributed by atoms with E-state index in [1.807, 2.05) is 37.3 Å². The minimum absolute atomic E-state index is 0.165. The number of fused-ring (bicyclic) bond motifs is 2. The first-order chi connectivity index (χ1) is 13.5. The normalized spacial score (nSPS) is 14.8. The molecule has 0 saturated carbocycles. The molecule has 6 nitrogen and oxygen atoms in total. The Kier molecular flexibility index (Phi) is 5.18. The Morgan fingerprint density at radius 1 is 1.21 bits per heavy atom. The number of carbonyl (C=O) groups is 1. The van der Waals surface area contributed by atoms with Gasteiger partial charge in [0.25, 0.3) is 5.91 Å². The van der Waals surface area contributed by atoms with Crippen molar-refractivity contribution in [3.05, 3.63) is 58.6 Å². The lowest BCUT2D eigenvalue weighted by molar-refractivity contribution is 0.102. The lowest BCUT2D eigenvalue weighted by atomic mass is 10.0. The smallest absolute Gasteiger partial charge is 0.255 e. The number of nitrogens with one attached hydrogen (secondary N) is 1. The molecule has 0 radical (unpaired) electrons. The third kappa shape index (κ3) is 3.80. The molecular formula is C20H21N3O3S2. The van der Waals surface area contributed by atoms with Crippen LogP contribution in [0.3, 0.4) is 0 Å². The van der Waals surface area contributed by atoms with Gasteiger partial charge in [0.15, 0.2) is 0 Å². The number of sulfonamides is 1. The molecular weight excluding hydrogens is 394 g/mol. The summed E-state index contributed by atoms with van der Waals surface area (Å²) in [5.41, 5.74) is 5.95. The first-order valence-corrected chi connectivity index (χ1v) is 11.7. The van der Waals surface area contributed by atoms with Gasteiger partial charge in [0.05, 0.1) is 21.5 Å². The maximum absolute atomic E-state index is 12.6. The first-order valence-electron chi connectivity index (χ1n) is 9.20. The van der Waals surface area contributed by atoms with Crippen molar-refractivity contribution < 1.29 is 13.2 Å². The molecule has 0 aliphatic carbocycles. The summed E-state index contributed by atoms with van der Waals surface area (Å²) in [6.07, 6.45) is 1.29. The molecule has 0 saturated heterocycles. The lowest BCUT2D eigenvalue weighted by Crippen LogP contribution is -2.37. The highest BCUT2D eigenvalue weighted by molar-refractivity contribution is 7.89. The molecule has 28 heavy (non-hydrogen) atoms. The summed E-state index contributed by atoms with van der Waals surface area (Å²) in [7, 11) is -3.23. The third-order valence-electron chi connectivity index (χ3n) is 4.89. The van der Waals surface area contributed by atoms with Crippen LogP contribution in [0, 0.1) is 0 Å². The van der Waals surface area contributed by atoms with E-state index < -0.39 is 10.0 Å². The molecule has 8 heteroatoms. The van der Waals surface area contributed by atoms with Crippen LogP contribution >= 0.6 is 11.3 Å². The van der Waals surface area contributed by atoms with Crippen LogP contribution in [-0.4, -0.2) is 35.9 Å². The van der Waals surface area contributed by atoms with Crippen molar-refractivity contribution in [2.75, 3.05) is 17.6 Å². The zero-order valence-corrected chi connectivity index (χ0v) is 17.1. The number of rotatable bonds is 5. The molecule has 1 aliphatic rings. The summed E-state index contributed by atoms with van der Waals surface area (Å²) in [6, 6.07) is 11.2. The van der Waals surface area contributed by atoms with Crippen LogP contribution in [0.4, 0.5) is 5.69 Å². The van der Waals surface area contributed by atoms with E-state index in [1.54, 1.807) is 15.9 Å². The van der Waals surface area contributed by atoms with E-state index in [2.05, 4.69) is 10.3 Å². The second-order valence-corrected chi connectivity index (χ2v) is 9.85. The standard InChI is InChI=1S/C20H21N3O3S2/c1-2-9-28(25,26)23-8-7-14-3-5-17(10-16(14)12-23)22-20(24)15-4-6-18-19(11-15)27-13-21-18/h3-6,10-11,13H,2,7-9,12H2,1H3,(H,22,24). The van der Waals surface area contributed by atoms with Crippen LogP contribution in [0.15, 0.2) is 41.9 Å². The van der Waals surface area contributed by atoms with Gasteiger partial charge in [-0.2, -0.15) is 4.31 Å². The lowest BCUT2D eigenvalue weighted by Gasteiger charge is -2.28. The average Bonchev–Trinajstić information content (AvgIpc) is 3.15. The zero-order chi connectivity index (χ0) is 19.7. The molecule has 1 N–H and O–H groups in total. The molecule has 0 bridgehead atoms. The Bertz CT molecular complexity index is 1140. The van der Waals surface area contributed by atoms with E-state index in [-0.39, 0.29) is 11.7 Å². The second kappa shape index (κ2) is 7.62. The fourth-order valence-electron chi connectivity index (χ4n) is 3.43. The molecule has 1 amide bonds. The second-order valence-electron chi connectivity index (χ2n) is 6.87. The van der Waals surface area contributed by atoms with Crippen molar-refractivity contribution in [1.82, 2.24) is 9.29 Å². The number of carbonyl (C=O) groups excluding carboxylic acids is 1. The van der Waals surface area contributed by atoms with E-state index in [4.69, 9.17) is 0 Å². The molecule has 146 valence electrons. The first kappa shape index (κ1) is 19.0. The maximum atomic E-state index is 12.6. The van der Waals surface area contributed by atoms with E-state index in [1.165, 1.54) is 11.3 Å². The minimum Gasteiger partial charge on any atom is -0.322 e. The van der Waals surface area contributed by atoms with Gasteiger partial charge >= 0.3 is 0 Å². The van der Waals surface area contributed by atoms with E-state index >= 15 is 0 Å². The van der Waals surface area contributed by atoms with Gasteiger partial charge < -0.3 is 5.32 Å². The van der Waals surface area contributed by atoms with Crippen LogP contribution in [0.5, 0.6) is 0 Å². The number of nitrogens with zero attached hydrogens (tertiary/aromatic N) is 2. The Morgan fingerprint density at radius 3 is 2.89 bits per heavy atom. The summed E-state index contributed by atoms with van der Waals surface area (Å²) in [5, 5.41) is 2.92. The Labute approximate surface area is 168 Å². The molecule has 0 atom stereocenters. The van der Waals surface area contributed by atoms with Crippen molar-refractivity contribution in [3.8, 4) is 0 Å². The third-order valence-corrected chi connectivity index (χ3v) is 7.70. The van der Waals surface area contributed by atoms with E-state index in [9.17, 15) is 13.2 Å². The van der Waals surface area contributed by atoms with Crippen LogP contribution in [0.25, 0.3) is 10.2 Å². The van der Waals surface area contributed by atoms with Gasteiger partial charge in [-0.05, 0) is 54.3 Å². The van der Waals surface area contributed by atoms with Crippen LogP contribution in [0.1, 0.15) is 34.8 Å². The summed E-state index contributed by atoms with van der Waals surface area (Å²) in [5.74, 6) is -0.0275. The summed E-state index contributed by atoms with van der Waals surface area (Å²) >= 11 is 1.50. The summed E-state index contributed by atoms with van der Waals surface area (Å²) in [4.78, 5) is 16.8. The molecule has 0 spiro atoms. The number of hydrogen-bond acceptors (Lipinski definition) is 5. The number of benzene rings is 2. The van der Waals surface area contributed by atoms with E-state index in [0.29, 0.717) is 37.2 Å². The molecule has 2 heterocycles. The zero-order valence-electron chi connectivity index (χ0n) is 15.5. The van der Waals surface area contributed by atoms with Gasteiger partial charge in [0.1, 0.15) is 0 Å². The SMILES string of the molecule is CCCS(=O)(=O)N1CCc2ccc(NC(=O)c3ccc4ncsc4c3)cc2C1. The number of anilines is 1. The fourth-order valence-corrected chi connectivity index (χ4v) is 5.63. The van der Waals surface area contributed by atoms with E-state index in [0.717, 1.165) is 21.3 Å². The van der Waals surface area contributed by atoms with Gasteiger partial charge in [0, 0.05) is 24.3 Å². The van der Waals surface area contributed by atoms with Gasteiger partial charge in [-0.25, -0.2) is 13.4 Å².